The molecule has 0 saturated heterocycles. The van der Waals surface area contributed by atoms with Crippen LogP contribution in [-0.4, -0.2) is 21.7 Å². The number of carbonyl (C=O) groups excluding carboxylic acids is 2. The Morgan fingerprint density at radius 1 is 1.42 bits per heavy atom. The van der Waals surface area contributed by atoms with Crippen LogP contribution in [0.1, 0.15) is 25.8 Å². The van der Waals surface area contributed by atoms with Gasteiger partial charge in [-0.05, 0) is 30.5 Å². The first-order valence-corrected chi connectivity index (χ1v) is 8.14. The van der Waals surface area contributed by atoms with Gasteiger partial charge >= 0.3 is 29.6 Å². The summed E-state index contributed by atoms with van der Waals surface area (Å²) in [6.07, 6.45) is 3.51. The zero-order valence-corrected chi connectivity index (χ0v) is 17.0. The van der Waals surface area contributed by atoms with Crippen molar-refractivity contribution < 1.29 is 48.6 Å². The number of nitrogens with one attached hydrogen (secondary N) is 1. The molecule has 1 heterocycles. The van der Waals surface area contributed by atoms with Gasteiger partial charge in [0.15, 0.2) is 0 Å². The van der Waals surface area contributed by atoms with Gasteiger partial charge in [-0.3, -0.25) is 4.79 Å². The Kier molecular flexibility index (Phi) is 6.26. The first kappa shape index (κ1) is 20.6. The first-order chi connectivity index (χ1) is 11.9. The number of benzene rings is 1. The van der Waals surface area contributed by atoms with E-state index in [1.54, 1.807) is 44.4 Å². The topological polar surface area (TPSA) is 87.0 Å². The number of aliphatic carboxylic acids is 1. The molecule has 2 atom stereocenters. The van der Waals surface area contributed by atoms with Crippen molar-refractivity contribution in [2.24, 2.45) is 17.3 Å². The molecule has 1 aromatic carbocycles. The van der Waals surface area contributed by atoms with Crippen LogP contribution in [0.5, 0.6) is 0 Å². The number of halogens is 1. The molecule has 0 spiro atoms. The van der Waals surface area contributed by atoms with Gasteiger partial charge in [0.2, 0.25) is 5.91 Å². The van der Waals surface area contributed by atoms with Crippen molar-refractivity contribution >= 4 is 11.9 Å². The number of nitrogens with zero attached hydrogens (tertiary/aromatic N) is 2. The van der Waals surface area contributed by atoms with Crippen LogP contribution in [0.15, 0.2) is 36.7 Å². The Bertz CT molecular complexity index is 810. The second-order valence-electron chi connectivity index (χ2n) is 6.65. The summed E-state index contributed by atoms with van der Waals surface area (Å²) in [6.45, 7) is 3.48. The summed E-state index contributed by atoms with van der Waals surface area (Å²) in [6, 6.07) is 6.30. The fourth-order valence-electron chi connectivity index (χ4n) is 3.35. The molecule has 26 heavy (non-hydrogen) atoms. The number of hydrogen-bond donors (Lipinski definition) is 1. The van der Waals surface area contributed by atoms with Gasteiger partial charge in [0, 0.05) is 41.8 Å². The van der Waals surface area contributed by atoms with E-state index in [-0.39, 0.29) is 48.4 Å². The molecule has 1 fully saturated rings. The van der Waals surface area contributed by atoms with Crippen molar-refractivity contribution in [2.75, 3.05) is 0 Å². The molecule has 0 aliphatic heterocycles. The maximum atomic E-state index is 14.2. The Morgan fingerprint density at radius 3 is 2.69 bits per heavy atom. The van der Waals surface area contributed by atoms with Gasteiger partial charge < -0.3 is 15.2 Å². The van der Waals surface area contributed by atoms with Crippen molar-refractivity contribution in [3.05, 3.63) is 48.0 Å². The molecule has 2 unspecified atom stereocenters. The van der Waals surface area contributed by atoms with Crippen molar-refractivity contribution in [1.82, 2.24) is 15.1 Å². The van der Waals surface area contributed by atoms with Gasteiger partial charge in [0.25, 0.3) is 0 Å². The predicted molar refractivity (Wildman–Crippen MR) is 85.8 cm³/mol. The van der Waals surface area contributed by atoms with Crippen molar-refractivity contribution in [3.63, 3.8) is 0 Å². The van der Waals surface area contributed by atoms with E-state index in [1.165, 1.54) is 10.7 Å². The molecule has 0 bridgehead atoms. The summed E-state index contributed by atoms with van der Waals surface area (Å²) in [5.41, 5.74) is -0.302. The summed E-state index contributed by atoms with van der Waals surface area (Å²) in [7, 11) is 0. The van der Waals surface area contributed by atoms with Gasteiger partial charge in [-0.1, -0.05) is 19.9 Å². The second-order valence-corrected chi connectivity index (χ2v) is 6.65. The number of carboxylic acids is 1. The Balaban J connectivity index is 0.00000243. The third-order valence-corrected chi connectivity index (χ3v) is 5.02. The van der Waals surface area contributed by atoms with E-state index in [0.29, 0.717) is 11.3 Å². The summed E-state index contributed by atoms with van der Waals surface area (Å²) < 4.78 is 15.7. The van der Waals surface area contributed by atoms with Crippen molar-refractivity contribution in [2.45, 2.75) is 26.8 Å². The van der Waals surface area contributed by atoms with Crippen LogP contribution in [0.2, 0.25) is 0 Å². The van der Waals surface area contributed by atoms with Crippen LogP contribution in [0.25, 0.3) is 5.69 Å². The third-order valence-electron chi connectivity index (χ3n) is 5.02. The van der Waals surface area contributed by atoms with Crippen LogP contribution in [0.3, 0.4) is 0 Å². The van der Waals surface area contributed by atoms with E-state index in [4.69, 9.17) is 0 Å². The zero-order chi connectivity index (χ0) is 18.2. The SMILES string of the molecule is CC(C)C1(C(=O)[O-])CC1C(=O)NCc1c(F)cccc1-n1cccn1.[Na+]. The second kappa shape index (κ2) is 7.90. The molecule has 1 aliphatic rings. The van der Waals surface area contributed by atoms with E-state index >= 15 is 0 Å². The number of carboxylic acid groups (broad SMARTS) is 1. The number of amides is 1. The minimum Gasteiger partial charge on any atom is -0.550 e. The van der Waals surface area contributed by atoms with Crippen LogP contribution in [-0.2, 0) is 16.1 Å². The van der Waals surface area contributed by atoms with Crippen molar-refractivity contribution in [1.29, 1.82) is 0 Å². The fraction of sp³-hybridized carbons (Fsp3) is 0.389. The quantitative estimate of drug-likeness (QED) is 0.601. The molecule has 3 rings (SSSR count). The van der Waals surface area contributed by atoms with E-state index < -0.39 is 29.0 Å². The predicted octanol–water partition coefficient (Wildman–Crippen LogP) is -1.96. The maximum Gasteiger partial charge on any atom is 1.00 e. The molecule has 0 radical (unpaired) electrons. The van der Waals surface area contributed by atoms with Gasteiger partial charge in [-0.15, -0.1) is 0 Å². The van der Waals surface area contributed by atoms with Crippen LogP contribution >= 0.6 is 0 Å². The minimum atomic E-state index is -1.20. The third kappa shape index (κ3) is 3.56. The largest absolute Gasteiger partial charge is 1.00 e. The summed E-state index contributed by atoms with van der Waals surface area (Å²) in [5, 5.41) is 18.2. The Morgan fingerprint density at radius 2 is 2.15 bits per heavy atom. The van der Waals surface area contributed by atoms with E-state index in [1.807, 2.05) is 0 Å². The number of rotatable bonds is 6. The van der Waals surface area contributed by atoms with Gasteiger partial charge in [0.05, 0.1) is 5.69 Å². The van der Waals surface area contributed by atoms with Gasteiger partial charge in [-0.25, -0.2) is 9.07 Å². The molecule has 2 aromatic rings. The number of aromatic nitrogens is 2. The summed E-state index contributed by atoms with van der Waals surface area (Å²) in [4.78, 5) is 23.8. The van der Waals surface area contributed by atoms with Gasteiger partial charge in [0.1, 0.15) is 5.82 Å². The normalized spacial score (nSPS) is 21.2. The van der Waals surface area contributed by atoms with E-state index in [9.17, 15) is 19.1 Å². The maximum absolute atomic E-state index is 14.2. The van der Waals surface area contributed by atoms with E-state index in [2.05, 4.69) is 10.4 Å². The molecule has 1 amide bonds. The summed E-state index contributed by atoms with van der Waals surface area (Å²) in [5.74, 6) is -2.91. The van der Waals surface area contributed by atoms with Crippen LogP contribution < -0.4 is 40.0 Å². The Hall–Kier alpha value is -1.70. The smallest absolute Gasteiger partial charge is 0.550 e. The van der Waals surface area contributed by atoms with Crippen LogP contribution in [0.4, 0.5) is 4.39 Å². The molecule has 8 heteroatoms. The monoisotopic (exact) mass is 367 g/mol. The molecule has 1 N–H and O–H groups in total. The molecule has 6 nitrogen and oxygen atoms in total. The number of carbonyl (C=O) groups is 2. The molecule has 132 valence electrons. The standard InChI is InChI=1S/C18H20FN3O3.Na/c1-11(2)18(17(24)25)9-13(18)16(23)20-10-12-14(19)5-3-6-15(12)22-8-4-7-21-22;/h3-8,11,13H,9-10H2,1-2H3,(H,20,23)(H,24,25);/q;+1/p-1. The van der Waals surface area contributed by atoms with E-state index in [0.717, 1.165) is 0 Å². The average molecular weight is 367 g/mol. The molecule has 1 aliphatic carbocycles. The fourth-order valence-corrected chi connectivity index (χ4v) is 3.35. The zero-order valence-electron chi connectivity index (χ0n) is 15.0. The average Bonchev–Trinajstić information content (AvgIpc) is 3.12. The van der Waals surface area contributed by atoms with Gasteiger partial charge in [-0.2, -0.15) is 5.10 Å². The number of hydrogen-bond acceptors (Lipinski definition) is 4. The molecular formula is C18H19FN3NaO3. The Labute approximate surface area is 173 Å². The molecule has 1 aromatic heterocycles. The summed E-state index contributed by atoms with van der Waals surface area (Å²) >= 11 is 0. The van der Waals surface area contributed by atoms with Crippen molar-refractivity contribution in [3.8, 4) is 5.69 Å². The van der Waals surface area contributed by atoms with Crippen LogP contribution in [0, 0.1) is 23.1 Å². The molecule has 1 saturated carbocycles. The molecular weight excluding hydrogens is 348 g/mol. The first-order valence-electron chi connectivity index (χ1n) is 8.14. The minimum absolute atomic E-state index is 0.